The topological polar surface area (TPSA) is 75.3 Å². The molecule has 1 saturated heterocycles. The highest BCUT2D eigenvalue weighted by Crippen LogP contribution is 2.37. The van der Waals surface area contributed by atoms with Crippen LogP contribution in [0.25, 0.3) is 10.1 Å². The van der Waals surface area contributed by atoms with Crippen LogP contribution in [0.2, 0.25) is 0 Å². The van der Waals surface area contributed by atoms with Crippen molar-refractivity contribution in [1.82, 2.24) is 15.8 Å². The van der Waals surface area contributed by atoms with Gasteiger partial charge in [0.2, 0.25) is 0 Å². The Labute approximate surface area is 185 Å². The number of hydrogen-bond acceptors (Lipinski definition) is 6. The molecule has 29 heavy (non-hydrogen) atoms. The average Bonchev–Trinajstić information content (AvgIpc) is 3.02. The molecule has 6 nitrogen and oxygen atoms in total. The number of alkyl halides is 1. The number of thiophene rings is 1. The standard InChI is InChI=1S/C20H20FIN4O2S/c21-15-10-12(22)2-1-3-16(15)25-18-14-11-24-9-6-17(14)29-19(18)20(27)26-28-13-4-7-23-8-5-13/h1-3,6,9-13,23,25H,4-5,7-8H2,(H,26,27). The zero-order chi connectivity index (χ0) is 20.2. The van der Waals surface area contributed by atoms with Crippen LogP contribution in [-0.2, 0) is 4.84 Å². The van der Waals surface area contributed by atoms with Crippen molar-refractivity contribution in [3.8, 4) is 0 Å². The number of amides is 1. The van der Waals surface area contributed by atoms with Gasteiger partial charge in [-0.15, -0.1) is 11.3 Å². The monoisotopic (exact) mass is 526 g/mol. The van der Waals surface area contributed by atoms with E-state index in [0.717, 1.165) is 36.0 Å². The second kappa shape index (κ2) is 9.33. The Hall–Kier alpha value is -1.82. The van der Waals surface area contributed by atoms with Crippen molar-refractivity contribution >= 4 is 55.6 Å². The van der Waals surface area contributed by atoms with Crippen LogP contribution in [0.15, 0.2) is 54.3 Å². The van der Waals surface area contributed by atoms with E-state index in [1.807, 2.05) is 12.1 Å². The van der Waals surface area contributed by atoms with Crippen LogP contribution in [0, 0.1) is 0 Å². The number of nitrogens with zero attached hydrogens (tertiary/aromatic N) is 1. The minimum absolute atomic E-state index is 0.0108. The lowest BCUT2D eigenvalue weighted by Crippen LogP contribution is -2.37. The zero-order valence-electron chi connectivity index (χ0n) is 15.5. The lowest BCUT2D eigenvalue weighted by atomic mass is 10.1. The van der Waals surface area contributed by atoms with Gasteiger partial charge in [0.25, 0.3) is 5.91 Å². The molecule has 1 unspecified atom stereocenters. The van der Waals surface area contributed by atoms with Gasteiger partial charge in [0.1, 0.15) is 10.7 Å². The number of hydrogen-bond donors (Lipinski definition) is 3. The van der Waals surface area contributed by atoms with Crippen molar-refractivity contribution in [1.29, 1.82) is 0 Å². The zero-order valence-corrected chi connectivity index (χ0v) is 18.4. The maximum Gasteiger partial charge on any atom is 0.287 e. The quantitative estimate of drug-likeness (QED) is 0.309. The molecule has 1 aliphatic carbocycles. The van der Waals surface area contributed by atoms with Gasteiger partial charge in [-0.1, -0.05) is 34.7 Å². The van der Waals surface area contributed by atoms with Crippen molar-refractivity contribution in [2.24, 2.45) is 0 Å². The summed E-state index contributed by atoms with van der Waals surface area (Å²) in [5, 5.41) is 7.13. The molecule has 1 amide bonds. The van der Waals surface area contributed by atoms with Gasteiger partial charge in [-0.05, 0) is 44.1 Å². The fourth-order valence-corrected chi connectivity index (χ4v) is 4.75. The fraction of sp³-hybridized carbons (Fsp3) is 0.300. The van der Waals surface area contributed by atoms with E-state index >= 15 is 0 Å². The molecule has 1 fully saturated rings. The Morgan fingerprint density at radius 3 is 3.03 bits per heavy atom. The second-order valence-corrected chi connectivity index (χ2v) is 9.22. The van der Waals surface area contributed by atoms with Gasteiger partial charge < -0.3 is 10.6 Å². The Kier molecular flexibility index (Phi) is 6.58. The molecule has 4 rings (SSSR count). The van der Waals surface area contributed by atoms with E-state index in [9.17, 15) is 9.18 Å². The molecule has 2 aliphatic rings. The number of carbonyl (C=O) groups is 1. The highest BCUT2D eigenvalue weighted by molar-refractivity contribution is 14.1. The molecule has 3 N–H and O–H groups in total. The van der Waals surface area contributed by atoms with Crippen LogP contribution >= 0.6 is 33.9 Å². The van der Waals surface area contributed by atoms with Gasteiger partial charge in [-0.25, -0.2) is 9.87 Å². The molecule has 0 bridgehead atoms. The van der Waals surface area contributed by atoms with E-state index in [1.54, 1.807) is 24.5 Å². The van der Waals surface area contributed by atoms with Gasteiger partial charge in [-0.3, -0.25) is 14.6 Å². The summed E-state index contributed by atoms with van der Waals surface area (Å²) in [4.78, 5) is 23.1. The van der Waals surface area contributed by atoms with Crippen LogP contribution in [0.4, 0.5) is 10.1 Å². The number of nitrogens with one attached hydrogen (secondary N) is 3. The molecule has 2 aromatic heterocycles. The number of fused-ring (bicyclic) bond motifs is 1. The SMILES string of the molecule is O=C(NOC1CCNCC1)c1sc2ccncc2c1NC1=CC=CC(I)C=C1F. The van der Waals surface area contributed by atoms with Crippen LogP contribution in [0.1, 0.15) is 22.5 Å². The molecule has 9 heteroatoms. The molecule has 0 spiro atoms. The number of piperidine rings is 1. The Balaban J connectivity index is 1.60. The average molecular weight is 526 g/mol. The van der Waals surface area contributed by atoms with E-state index in [0.29, 0.717) is 16.3 Å². The molecule has 0 saturated carbocycles. The lowest BCUT2D eigenvalue weighted by molar-refractivity contribution is -0.0280. The number of hydroxylamine groups is 1. The van der Waals surface area contributed by atoms with E-state index in [4.69, 9.17) is 4.84 Å². The van der Waals surface area contributed by atoms with E-state index in [2.05, 4.69) is 43.7 Å². The van der Waals surface area contributed by atoms with Gasteiger partial charge in [0, 0.05) is 22.5 Å². The van der Waals surface area contributed by atoms with Gasteiger partial charge >= 0.3 is 0 Å². The number of carbonyl (C=O) groups excluding carboxylic acids is 1. The summed E-state index contributed by atoms with van der Waals surface area (Å²) in [7, 11) is 0. The predicted octanol–water partition coefficient (Wildman–Crippen LogP) is 4.23. The molecule has 1 atom stereocenters. The number of anilines is 1. The molecule has 2 aromatic rings. The molecule has 0 aromatic carbocycles. The summed E-state index contributed by atoms with van der Waals surface area (Å²) in [6.07, 6.45) is 11.9. The summed E-state index contributed by atoms with van der Waals surface area (Å²) in [6, 6.07) is 1.84. The summed E-state index contributed by atoms with van der Waals surface area (Å²) in [6.45, 7) is 1.74. The first-order valence-corrected chi connectivity index (χ1v) is 11.4. The van der Waals surface area contributed by atoms with E-state index < -0.39 is 0 Å². The van der Waals surface area contributed by atoms with Crippen LogP contribution in [-0.4, -0.2) is 34.0 Å². The third kappa shape index (κ3) is 4.85. The Morgan fingerprint density at radius 2 is 2.21 bits per heavy atom. The minimum atomic E-state index is -0.366. The van der Waals surface area contributed by atoms with Crippen molar-refractivity contribution in [2.45, 2.75) is 22.9 Å². The number of halogens is 2. The van der Waals surface area contributed by atoms with Gasteiger partial charge in [0.05, 0.1) is 21.4 Å². The largest absolute Gasteiger partial charge is 0.351 e. The number of aromatic nitrogens is 1. The van der Waals surface area contributed by atoms with Gasteiger partial charge in [0.15, 0.2) is 0 Å². The molecule has 0 radical (unpaired) electrons. The third-order valence-corrected chi connectivity index (χ3v) is 6.62. The maximum absolute atomic E-state index is 14.6. The molecule has 152 valence electrons. The molecular weight excluding hydrogens is 506 g/mol. The first-order chi connectivity index (χ1) is 14.1. The third-order valence-electron chi connectivity index (χ3n) is 4.68. The highest BCUT2D eigenvalue weighted by Gasteiger charge is 2.23. The summed E-state index contributed by atoms with van der Waals surface area (Å²) in [5.41, 5.74) is 3.41. The molecule has 3 heterocycles. The van der Waals surface area contributed by atoms with Crippen molar-refractivity contribution < 1.29 is 14.0 Å². The van der Waals surface area contributed by atoms with Crippen LogP contribution in [0.5, 0.6) is 0 Å². The Morgan fingerprint density at radius 1 is 1.38 bits per heavy atom. The number of allylic oxidation sites excluding steroid dienone is 5. The van der Waals surface area contributed by atoms with Crippen molar-refractivity contribution in [3.05, 3.63) is 59.2 Å². The Bertz CT molecular complexity index is 998. The van der Waals surface area contributed by atoms with Crippen molar-refractivity contribution in [3.63, 3.8) is 0 Å². The minimum Gasteiger partial charge on any atom is -0.351 e. The highest BCUT2D eigenvalue weighted by atomic mass is 127. The second-order valence-electron chi connectivity index (χ2n) is 6.73. The van der Waals surface area contributed by atoms with E-state index in [1.165, 1.54) is 17.4 Å². The summed E-state index contributed by atoms with van der Waals surface area (Å²) < 4.78 is 15.5. The normalized spacial score (nSPS) is 20.1. The predicted molar refractivity (Wildman–Crippen MR) is 122 cm³/mol. The smallest absolute Gasteiger partial charge is 0.287 e. The fourth-order valence-electron chi connectivity index (χ4n) is 3.18. The number of pyridine rings is 1. The summed E-state index contributed by atoms with van der Waals surface area (Å²) >= 11 is 3.46. The molecule has 1 aliphatic heterocycles. The lowest BCUT2D eigenvalue weighted by Gasteiger charge is -2.22. The number of rotatable bonds is 5. The van der Waals surface area contributed by atoms with Crippen LogP contribution < -0.4 is 16.1 Å². The maximum atomic E-state index is 14.6. The summed E-state index contributed by atoms with van der Waals surface area (Å²) in [5.74, 6) is -0.719. The van der Waals surface area contributed by atoms with E-state index in [-0.39, 0.29) is 21.8 Å². The van der Waals surface area contributed by atoms with Crippen molar-refractivity contribution in [2.75, 3.05) is 18.4 Å². The first kappa shape index (κ1) is 20.5. The van der Waals surface area contributed by atoms with Crippen LogP contribution in [0.3, 0.4) is 0 Å². The molecular formula is C20H20FIN4O2S. The van der Waals surface area contributed by atoms with Gasteiger partial charge in [-0.2, -0.15) is 0 Å². The first-order valence-electron chi connectivity index (χ1n) is 9.32.